The van der Waals surface area contributed by atoms with Gasteiger partial charge in [0.05, 0.1) is 31.1 Å². The van der Waals surface area contributed by atoms with Crippen LogP contribution in [0.1, 0.15) is 20.3 Å². The van der Waals surface area contributed by atoms with Crippen LogP contribution < -0.4 is 16.0 Å². The number of carbonyl (C=O) groups excluding carboxylic acids is 1. The van der Waals surface area contributed by atoms with Gasteiger partial charge in [-0.25, -0.2) is 4.98 Å². The molecule has 2 rings (SSSR count). The number of hydrogen-bond donors (Lipinski definition) is 2. The third-order valence-corrected chi connectivity index (χ3v) is 3.44. The van der Waals surface area contributed by atoms with Crippen molar-refractivity contribution < 1.29 is 9.53 Å². The molecule has 1 aromatic rings. The Kier molecular flexibility index (Phi) is 10.1. The summed E-state index contributed by atoms with van der Waals surface area (Å²) in [5.41, 5.74) is 6.90. The highest BCUT2D eigenvalue weighted by Crippen LogP contribution is 2.16. The fourth-order valence-electron chi connectivity index (χ4n) is 2.30. The third-order valence-electron chi connectivity index (χ3n) is 3.44. The molecule has 0 unspecified atom stereocenters. The predicted molar refractivity (Wildman–Crippen MR) is 97.8 cm³/mol. The number of carbonyl (C=O) groups is 1. The molecule has 2 heterocycles. The second kappa shape index (κ2) is 10.6. The van der Waals surface area contributed by atoms with Crippen LogP contribution in [-0.2, 0) is 9.53 Å². The number of morpholine rings is 1. The summed E-state index contributed by atoms with van der Waals surface area (Å²) < 4.78 is 5.32. The van der Waals surface area contributed by atoms with Crippen molar-refractivity contribution in [2.24, 2.45) is 11.7 Å². The molecule has 8 heteroatoms. The molecular weight excluding hydrogens is 339 g/mol. The van der Waals surface area contributed by atoms with E-state index < -0.39 is 6.04 Å². The molecule has 0 aliphatic carbocycles. The molecule has 23 heavy (non-hydrogen) atoms. The lowest BCUT2D eigenvalue weighted by molar-refractivity contribution is -0.117. The zero-order chi connectivity index (χ0) is 15.2. The topological polar surface area (TPSA) is 80.5 Å². The van der Waals surface area contributed by atoms with E-state index in [0.29, 0.717) is 18.2 Å². The summed E-state index contributed by atoms with van der Waals surface area (Å²) in [6, 6.07) is 3.28. The minimum absolute atomic E-state index is 0. The van der Waals surface area contributed by atoms with Gasteiger partial charge in [0.2, 0.25) is 5.91 Å². The van der Waals surface area contributed by atoms with Crippen molar-refractivity contribution in [2.75, 3.05) is 36.5 Å². The van der Waals surface area contributed by atoms with E-state index in [9.17, 15) is 4.79 Å². The van der Waals surface area contributed by atoms with Gasteiger partial charge < -0.3 is 20.7 Å². The van der Waals surface area contributed by atoms with Crippen molar-refractivity contribution in [3.63, 3.8) is 0 Å². The van der Waals surface area contributed by atoms with Gasteiger partial charge in [0, 0.05) is 13.1 Å². The number of nitrogens with two attached hydrogens (primary N) is 1. The third kappa shape index (κ3) is 6.91. The molecule has 0 saturated carbocycles. The Labute approximate surface area is 150 Å². The fourth-order valence-corrected chi connectivity index (χ4v) is 2.30. The van der Waals surface area contributed by atoms with E-state index in [4.69, 9.17) is 10.5 Å². The van der Waals surface area contributed by atoms with Crippen molar-refractivity contribution in [1.29, 1.82) is 0 Å². The highest BCUT2D eigenvalue weighted by atomic mass is 35.5. The van der Waals surface area contributed by atoms with E-state index >= 15 is 0 Å². The number of ether oxygens (including phenoxy) is 1. The van der Waals surface area contributed by atoms with E-state index in [0.717, 1.165) is 32.0 Å². The molecule has 1 fully saturated rings. The lowest BCUT2D eigenvalue weighted by atomic mass is 10.0. The fraction of sp³-hybridized carbons (Fsp3) is 0.600. The van der Waals surface area contributed by atoms with Gasteiger partial charge in [0.1, 0.15) is 5.82 Å². The first-order chi connectivity index (χ1) is 10.1. The Hall–Kier alpha value is -1.08. The summed E-state index contributed by atoms with van der Waals surface area (Å²) in [4.78, 5) is 18.4. The summed E-state index contributed by atoms with van der Waals surface area (Å²) in [6.45, 7) is 7.30. The van der Waals surface area contributed by atoms with E-state index in [1.807, 2.05) is 26.0 Å². The molecular formula is C15H26Cl2N4O2. The van der Waals surface area contributed by atoms with Gasteiger partial charge >= 0.3 is 0 Å². The summed E-state index contributed by atoms with van der Waals surface area (Å²) in [7, 11) is 0. The Morgan fingerprint density at radius 1 is 1.35 bits per heavy atom. The molecule has 1 aromatic heterocycles. The SMILES string of the molecule is CC(C)C[C@H](N)C(=O)Nc1ccc(N2CCOCC2)cn1.Cl.Cl. The van der Waals surface area contributed by atoms with Crippen molar-refractivity contribution in [1.82, 2.24) is 4.98 Å². The lowest BCUT2D eigenvalue weighted by Gasteiger charge is -2.28. The van der Waals surface area contributed by atoms with Crippen LogP contribution in [-0.4, -0.2) is 43.2 Å². The van der Waals surface area contributed by atoms with E-state index in [-0.39, 0.29) is 30.7 Å². The van der Waals surface area contributed by atoms with Gasteiger partial charge in [-0.05, 0) is 24.5 Å². The maximum atomic E-state index is 11.9. The number of halogens is 2. The smallest absolute Gasteiger partial charge is 0.242 e. The monoisotopic (exact) mass is 364 g/mol. The van der Waals surface area contributed by atoms with Crippen molar-refractivity contribution >= 4 is 42.2 Å². The highest BCUT2D eigenvalue weighted by Gasteiger charge is 2.16. The molecule has 1 aliphatic rings. The number of aromatic nitrogens is 1. The van der Waals surface area contributed by atoms with Gasteiger partial charge in [-0.15, -0.1) is 24.8 Å². The zero-order valence-corrected chi connectivity index (χ0v) is 15.2. The summed E-state index contributed by atoms with van der Waals surface area (Å²) in [5, 5.41) is 2.76. The van der Waals surface area contributed by atoms with Gasteiger partial charge in [-0.3, -0.25) is 4.79 Å². The number of hydrogen-bond acceptors (Lipinski definition) is 5. The quantitative estimate of drug-likeness (QED) is 0.835. The molecule has 132 valence electrons. The summed E-state index contributed by atoms with van der Waals surface area (Å²) >= 11 is 0. The maximum Gasteiger partial charge on any atom is 0.242 e. The molecule has 1 atom stereocenters. The maximum absolute atomic E-state index is 11.9. The summed E-state index contributed by atoms with van der Waals surface area (Å²) in [5.74, 6) is 0.744. The predicted octanol–water partition coefficient (Wildman–Crippen LogP) is 2.07. The van der Waals surface area contributed by atoms with Gasteiger partial charge in [0.15, 0.2) is 0 Å². The Balaban J connectivity index is 0.00000242. The van der Waals surface area contributed by atoms with Crippen LogP contribution in [0, 0.1) is 5.92 Å². The van der Waals surface area contributed by atoms with Crippen LogP contribution in [0.3, 0.4) is 0 Å². The number of nitrogens with zero attached hydrogens (tertiary/aromatic N) is 2. The van der Waals surface area contributed by atoms with Crippen molar-refractivity contribution in [2.45, 2.75) is 26.3 Å². The first-order valence-corrected chi connectivity index (χ1v) is 7.41. The second-order valence-electron chi connectivity index (χ2n) is 5.73. The molecule has 3 N–H and O–H groups in total. The normalized spacial score (nSPS) is 15.4. The van der Waals surface area contributed by atoms with E-state index in [2.05, 4.69) is 15.2 Å². The van der Waals surface area contributed by atoms with Crippen LogP contribution in [0.2, 0.25) is 0 Å². The largest absolute Gasteiger partial charge is 0.378 e. The molecule has 0 aromatic carbocycles. The Morgan fingerprint density at radius 2 is 2.00 bits per heavy atom. The average Bonchev–Trinajstić information content (AvgIpc) is 2.48. The van der Waals surface area contributed by atoms with Crippen LogP contribution in [0.15, 0.2) is 18.3 Å². The molecule has 1 saturated heterocycles. The summed E-state index contributed by atoms with van der Waals surface area (Å²) in [6.07, 6.45) is 2.44. The van der Waals surface area contributed by atoms with Gasteiger partial charge in [-0.1, -0.05) is 13.8 Å². The Bertz CT molecular complexity index is 465. The van der Waals surface area contributed by atoms with Crippen LogP contribution in [0.25, 0.3) is 0 Å². The number of amides is 1. The van der Waals surface area contributed by atoms with Gasteiger partial charge in [0.25, 0.3) is 0 Å². The average molecular weight is 365 g/mol. The van der Waals surface area contributed by atoms with E-state index in [1.165, 1.54) is 0 Å². The van der Waals surface area contributed by atoms with Crippen LogP contribution in [0.5, 0.6) is 0 Å². The van der Waals surface area contributed by atoms with Crippen LogP contribution >= 0.6 is 24.8 Å². The Morgan fingerprint density at radius 3 is 2.52 bits per heavy atom. The van der Waals surface area contributed by atoms with Crippen LogP contribution in [0.4, 0.5) is 11.5 Å². The highest BCUT2D eigenvalue weighted by molar-refractivity contribution is 5.93. The first-order valence-electron chi connectivity index (χ1n) is 7.41. The minimum atomic E-state index is -0.495. The molecule has 1 amide bonds. The van der Waals surface area contributed by atoms with Crippen molar-refractivity contribution in [3.05, 3.63) is 18.3 Å². The zero-order valence-electron chi connectivity index (χ0n) is 13.5. The molecule has 0 bridgehead atoms. The number of anilines is 2. The second-order valence-corrected chi connectivity index (χ2v) is 5.73. The minimum Gasteiger partial charge on any atom is -0.378 e. The number of nitrogens with one attached hydrogen (secondary N) is 1. The first kappa shape index (κ1) is 21.9. The lowest BCUT2D eigenvalue weighted by Crippen LogP contribution is -2.37. The molecule has 6 nitrogen and oxygen atoms in total. The molecule has 1 aliphatic heterocycles. The van der Waals surface area contributed by atoms with Crippen molar-refractivity contribution in [3.8, 4) is 0 Å². The van der Waals surface area contributed by atoms with Gasteiger partial charge in [-0.2, -0.15) is 0 Å². The number of rotatable bonds is 5. The molecule has 0 spiro atoms. The number of pyridine rings is 1. The molecule has 0 radical (unpaired) electrons. The van der Waals surface area contributed by atoms with E-state index in [1.54, 1.807) is 6.20 Å². The standard InChI is InChI=1S/C15H24N4O2.2ClH/c1-11(2)9-13(16)15(20)18-14-4-3-12(10-17-14)19-5-7-21-8-6-19;;/h3-4,10-11,13H,5-9,16H2,1-2H3,(H,17,18,20);2*1H/t13-;;/m0../s1.